The number of amides is 3. The van der Waals surface area contributed by atoms with Gasteiger partial charge in [-0.3, -0.25) is 14.4 Å². The topological polar surface area (TPSA) is 79.0 Å². The van der Waals surface area contributed by atoms with Crippen LogP contribution >= 0.6 is 11.6 Å². The Kier molecular flexibility index (Phi) is 5.53. The van der Waals surface area contributed by atoms with Crippen LogP contribution in [0.25, 0.3) is 6.08 Å². The molecule has 0 aromatic heterocycles. The van der Waals surface area contributed by atoms with Gasteiger partial charge in [0.25, 0.3) is 0 Å². The molecule has 3 aliphatic rings. The first-order valence-corrected chi connectivity index (χ1v) is 12.4. The number of hydrogen-bond acceptors (Lipinski definition) is 5. The lowest BCUT2D eigenvalue weighted by Gasteiger charge is -2.35. The third kappa shape index (κ3) is 3.61. The quantitative estimate of drug-likeness (QED) is 0.506. The minimum atomic E-state index is -0.907. The molecule has 4 atom stereocenters. The summed E-state index contributed by atoms with van der Waals surface area (Å²) in [4.78, 5) is 44.8. The van der Waals surface area contributed by atoms with Crippen molar-refractivity contribution in [3.8, 4) is 5.75 Å². The maximum absolute atomic E-state index is 13.9. The minimum Gasteiger partial charge on any atom is -0.495 e. The van der Waals surface area contributed by atoms with Crippen LogP contribution in [0.3, 0.4) is 0 Å². The van der Waals surface area contributed by atoms with Crippen molar-refractivity contribution >= 4 is 46.8 Å². The Bertz CT molecular complexity index is 1470. The van der Waals surface area contributed by atoms with E-state index in [0.29, 0.717) is 22.1 Å². The summed E-state index contributed by atoms with van der Waals surface area (Å²) in [5, 5.41) is 3.34. The van der Waals surface area contributed by atoms with Crippen molar-refractivity contribution in [2.24, 2.45) is 11.8 Å². The van der Waals surface area contributed by atoms with Gasteiger partial charge >= 0.3 is 0 Å². The number of aryl methyl sites for hydroxylation is 1. The second kappa shape index (κ2) is 8.78. The SMILES string of the molecule is COc1ccc(Cl)cc1NC(=O)[C@@H]1[C@@H]2C(=O)N(c3ccc(C)cc3)C(=O)[C@@H]2[C@@H]2c3ccccc3C=CN12. The zero-order valence-electron chi connectivity index (χ0n) is 20.2. The highest BCUT2D eigenvalue weighted by Crippen LogP contribution is 2.53. The number of hydrogen-bond donors (Lipinski definition) is 1. The molecule has 0 bridgehead atoms. The molecule has 2 fully saturated rings. The smallest absolute Gasteiger partial charge is 0.248 e. The Balaban J connectivity index is 1.44. The zero-order chi connectivity index (χ0) is 25.8. The van der Waals surface area contributed by atoms with Gasteiger partial charge in [0.05, 0.1) is 36.4 Å². The number of carbonyl (C=O) groups is 3. The van der Waals surface area contributed by atoms with Crippen LogP contribution in [0.4, 0.5) is 11.4 Å². The molecule has 3 aromatic carbocycles. The minimum absolute atomic E-state index is 0.297. The van der Waals surface area contributed by atoms with Gasteiger partial charge in [0.15, 0.2) is 0 Å². The van der Waals surface area contributed by atoms with Gasteiger partial charge in [-0.2, -0.15) is 0 Å². The summed E-state index contributed by atoms with van der Waals surface area (Å²) >= 11 is 6.18. The van der Waals surface area contributed by atoms with Crippen LogP contribution in [0, 0.1) is 18.8 Å². The van der Waals surface area contributed by atoms with Crippen molar-refractivity contribution in [3.63, 3.8) is 0 Å². The first-order chi connectivity index (χ1) is 17.9. The molecule has 0 spiro atoms. The average Bonchev–Trinajstić information content (AvgIpc) is 3.37. The molecule has 0 radical (unpaired) electrons. The average molecular weight is 514 g/mol. The predicted molar refractivity (Wildman–Crippen MR) is 141 cm³/mol. The van der Waals surface area contributed by atoms with Gasteiger partial charge in [0.1, 0.15) is 11.8 Å². The Morgan fingerprint density at radius 3 is 2.46 bits per heavy atom. The van der Waals surface area contributed by atoms with Gasteiger partial charge in [-0.1, -0.05) is 53.6 Å². The van der Waals surface area contributed by atoms with Crippen LogP contribution in [0.5, 0.6) is 5.75 Å². The van der Waals surface area contributed by atoms with Crippen LogP contribution in [-0.4, -0.2) is 35.8 Å². The van der Waals surface area contributed by atoms with E-state index in [1.807, 2.05) is 60.5 Å². The summed E-state index contributed by atoms with van der Waals surface area (Å²) in [5.41, 5.74) is 3.82. The summed E-state index contributed by atoms with van der Waals surface area (Å²) in [6.07, 6.45) is 3.74. The maximum Gasteiger partial charge on any atom is 0.248 e. The maximum atomic E-state index is 13.9. The molecule has 186 valence electrons. The van der Waals surface area contributed by atoms with Crippen molar-refractivity contribution in [2.45, 2.75) is 19.0 Å². The van der Waals surface area contributed by atoms with Gasteiger partial charge in [-0.15, -0.1) is 0 Å². The molecule has 3 aromatic rings. The highest BCUT2D eigenvalue weighted by molar-refractivity contribution is 6.31. The van der Waals surface area contributed by atoms with Crippen LogP contribution in [0.15, 0.2) is 72.9 Å². The second-order valence-electron chi connectivity index (χ2n) is 9.51. The van der Waals surface area contributed by atoms with Crippen LogP contribution in [0.2, 0.25) is 5.02 Å². The van der Waals surface area contributed by atoms with Crippen LogP contribution in [0.1, 0.15) is 22.7 Å². The van der Waals surface area contributed by atoms with E-state index in [9.17, 15) is 14.4 Å². The van der Waals surface area contributed by atoms with Crippen molar-refractivity contribution in [3.05, 3.63) is 94.6 Å². The Labute approximate surface area is 219 Å². The lowest BCUT2D eigenvalue weighted by molar-refractivity contribution is -0.128. The predicted octanol–water partition coefficient (Wildman–Crippen LogP) is 4.81. The standard InChI is InChI=1S/C29H24ClN3O4/c1-16-7-10-19(11-8-16)33-28(35)23-24(29(33)36)26(27(34)31-21-15-18(30)9-12-22(21)37-2)32-14-13-17-5-3-4-6-20(17)25(23)32/h3-15,23-26H,1-2H3,(H,31,34)/t23-,24+,25-,26-/m0/s1. The van der Waals surface area contributed by atoms with Crippen LogP contribution in [-0.2, 0) is 14.4 Å². The lowest BCUT2D eigenvalue weighted by atomic mass is 9.84. The summed E-state index contributed by atoms with van der Waals surface area (Å²) in [6, 6.07) is 18.6. The first kappa shape index (κ1) is 23.3. The number of nitrogens with one attached hydrogen (secondary N) is 1. The third-order valence-corrected chi connectivity index (χ3v) is 7.68. The lowest BCUT2D eigenvalue weighted by Crippen LogP contribution is -2.46. The Morgan fingerprint density at radius 1 is 0.973 bits per heavy atom. The molecule has 2 saturated heterocycles. The summed E-state index contributed by atoms with van der Waals surface area (Å²) in [7, 11) is 1.50. The van der Waals surface area contributed by atoms with Gasteiger partial charge in [-0.25, -0.2) is 4.90 Å². The monoisotopic (exact) mass is 513 g/mol. The summed E-state index contributed by atoms with van der Waals surface area (Å²) < 4.78 is 5.40. The molecule has 3 amide bonds. The normalized spacial score (nSPS) is 23.5. The number of carbonyl (C=O) groups excluding carboxylic acids is 3. The molecule has 0 unspecified atom stereocenters. The summed E-state index contributed by atoms with van der Waals surface area (Å²) in [6.45, 7) is 1.94. The fraction of sp³-hybridized carbons (Fsp3) is 0.207. The van der Waals surface area contributed by atoms with Crippen molar-refractivity contribution in [2.75, 3.05) is 17.3 Å². The number of ether oxygens (including phenoxy) is 1. The van der Waals surface area contributed by atoms with Gasteiger partial charge in [-0.05, 0) is 54.5 Å². The molecule has 7 nitrogen and oxygen atoms in total. The van der Waals surface area contributed by atoms with Gasteiger partial charge in [0, 0.05) is 11.2 Å². The molecule has 8 heteroatoms. The molecule has 1 N–H and O–H groups in total. The fourth-order valence-corrected chi connectivity index (χ4v) is 5.96. The number of benzene rings is 3. The van der Waals surface area contributed by atoms with E-state index >= 15 is 0 Å². The van der Waals surface area contributed by atoms with E-state index in [-0.39, 0.29) is 11.8 Å². The number of anilines is 2. The van der Waals surface area contributed by atoms with Crippen LogP contribution < -0.4 is 15.0 Å². The van der Waals surface area contributed by atoms with E-state index in [0.717, 1.165) is 16.7 Å². The molecular formula is C29H24ClN3O4. The van der Waals surface area contributed by atoms with Gasteiger partial charge < -0.3 is 15.0 Å². The molecule has 3 heterocycles. The largest absolute Gasteiger partial charge is 0.495 e. The molecular weight excluding hydrogens is 490 g/mol. The number of halogens is 1. The molecule has 6 rings (SSSR count). The molecule has 37 heavy (non-hydrogen) atoms. The number of rotatable bonds is 4. The summed E-state index contributed by atoms with van der Waals surface area (Å²) in [5.74, 6) is -2.21. The number of imide groups is 1. The zero-order valence-corrected chi connectivity index (χ0v) is 21.0. The van der Waals surface area contributed by atoms with E-state index < -0.39 is 29.8 Å². The number of methoxy groups -OCH3 is 1. The first-order valence-electron chi connectivity index (χ1n) is 12.0. The number of fused-ring (bicyclic) bond motifs is 5. The molecule has 3 aliphatic heterocycles. The molecule has 0 aliphatic carbocycles. The van der Waals surface area contributed by atoms with E-state index in [4.69, 9.17) is 16.3 Å². The third-order valence-electron chi connectivity index (χ3n) is 7.44. The van der Waals surface area contributed by atoms with Crippen molar-refractivity contribution < 1.29 is 19.1 Å². The highest BCUT2D eigenvalue weighted by atomic mass is 35.5. The van der Waals surface area contributed by atoms with Crippen molar-refractivity contribution in [1.29, 1.82) is 0 Å². The fourth-order valence-electron chi connectivity index (χ4n) is 5.79. The van der Waals surface area contributed by atoms with Gasteiger partial charge in [0.2, 0.25) is 17.7 Å². The van der Waals surface area contributed by atoms with E-state index in [2.05, 4.69) is 5.32 Å². The molecule has 0 saturated carbocycles. The second-order valence-corrected chi connectivity index (χ2v) is 9.95. The Hall–Kier alpha value is -4.10. The highest BCUT2D eigenvalue weighted by Gasteiger charge is 2.64. The van der Waals surface area contributed by atoms with E-state index in [1.54, 1.807) is 30.3 Å². The number of nitrogens with zero attached hydrogens (tertiary/aromatic N) is 2. The van der Waals surface area contributed by atoms with E-state index in [1.165, 1.54) is 12.0 Å². The Morgan fingerprint density at radius 2 is 1.70 bits per heavy atom. The van der Waals surface area contributed by atoms with Crippen molar-refractivity contribution in [1.82, 2.24) is 4.90 Å².